The van der Waals surface area contributed by atoms with Gasteiger partial charge in [0.1, 0.15) is 6.61 Å². The molecular weight excluding hydrogens is 666 g/mol. The maximum Gasteiger partial charge on any atom is 0.175 e. The molecule has 1 heterocycles. The lowest BCUT2D eigenvalue weighted by Crippen LogP contribution is -2.28. The molecule has 6 rings (SSSR count). The van der Waals surface area contributed by atoms with E-state index in [-0.39, 0.29) is 6.04 Å². The second-order valence-corrected chi connectivity index (χ2v) is 12.2. The fourth-order valence-electron chi connectivity index (χ4n) is 5.64. The minimum atomic E-state index is 0.272. The van der Waals surface area contributed by atoms with Gasteiger partial charge in [-0.25, -0.2) is 0 Å². The summed E-state index contributed by atoms with van der Waals surface area (Å²) in [5.41, 5.74) is 6.61. The molecule has 4 aromatic carbocycles. The number of rotatable bonds is 8. The van der Waals surface area contributed by atoms with E-state index in [2.05, 4.69) is 88.6 Å². The Hall–Kier alpha value is -3.00. The van der Waals surface area contributed by atoms with Gasteiger partial charge in [-0.05, 0) is 101 Å². The number of ether oxygens (including phenoxy) is 2. The number of halogens is 3. The molecule has 0 radical (unpaired) electrons. The number of nitrogens with zero attached hydrogens (tertiary/aromatic N) is 1. The summed E-state index contributed by atoms with van der Waals surface area (Å²) >= 11 is 14.6. The Morgan fingerprint density at radius 2 is 1.83 bits per heavy atom. The van der Waals surface area contributed by atoms with Gasteiger partial charge in [0.15, 0.2) is 11.5 Å². The van der Waals surface area contributed by atoms with Crippen molar-refractivity contribution in [2.75, 3.05) is 11.9 Å². The van der Waals surface area contributed by atoms with Crippen molar-refractivity contribution in [2.45, 2.75) is 31.9 Å². The van der Waals surface area contributed by atoms with Crippen molar-refractivity contribution in [1.82, 2.24) is 0 Å². The largest absolute Gasteiger partial charge is 0.490 e. The van der Waals surface area contributed by atoms with Crippen molar-refractivity contribution < 1.29 is 9.47 Å². The fraction of sp³-hybridized carbons (Fsp3) is 0.206. The van der Waals surface area contributed by atoms with Crippen LogP contribution in [0, 0.1) is 9.49 Å². The second-order valence-electron chi connectivity index (χ2n) is 10.2. The highest BCUT2D eigenvalue weighted by Gasteiger charge is 2.37. The Labute approximate surface area is 264 Å². The molecule has 4 aromatic rings. The molecule has 7 heteroatoms. The van der Waals surface area contributed by atoms with Gasteiger partial charge < -0.3 is 14.8 Å². The van der Waals surface area contributed by atoms with Crippen LogP contribution in [-0.4, -0.2) is 12.8 Å². The molecule has 3 atom stereocenters. The zero-order chi connectivity index (χ0) is 28.3. The summed E-state index contributed by atoms with van der Waals surface area (Å²) in [5, 5.41) is 4.97. The molecule has 1 aliphatic heterocycles. The summed E-state index contributed by atoms with van der Waals surface area (Å²) in [6.07, 6.45) is 7.65. The summed E-state index contributed by atoms with van der Waals surface area (Å²) in [5.74, 6) is 2.34. The zero-order valence-corrected chi connectivity index (χ0v) is 26.2. The van der Waals surface area contributed by atoms with Crippen molar-refractivity contribution in [3.05, 3.63) is 127 Å². The van der Waals surface area contributed by atoms with Gasteiger partial charge in [0.2, 0.25) is 0 Å². The van der Waals surface area contributed by atoms with Gasteiger partial charge in [-0.15, -0.1) is 0 Å². The Morgan fingerprint density at radius 1 is 1.00 bits per heavy atom. The average Bonchev–Trinajstić information content (AvgIpc) is 3.47. The summed E-state index contributed by atoms with van der Waals surface area (Å²) in [7, 11) is 0. The molecule has 1 N–H and O–H groups in total. The minimum Gasteiger partial charge on any atom is -0.490 e. The topological polar surface area (TPSA) is 42.8 Å². The molecule has 2 aliphatic rings. The molecular formula is C34H29Cl2IN2O2. The average molecular weight is 695 g/mol. The monoisotopic (exact) mass is 694 g/mol. The number of fused-ring (bicyclic) bond motifs is 3. The predicted molar refractivity (Wildman–Crippen MR) is 178 cm³/mol. The molecule has 208 valence electrons. The van der Waals surface area contributed by atoms with Crippen LogP contribution in [0.2, 0.25) is 10.0 Å². The first-order chi connectivity index (χ1) is 20.0. The number of benzene rings is 4. The number of para-hydroxylation sites is 1. The predicted octanol–water partition coefficient (Wildman–Crippen LogP) is 10.2. The number of nitrogens with one attached hydrogen (secondary N) is 1. The quantitative estimate of drug-likeness (QED) is 0.113. The van der Waals surface area contributed by atoms with Gasteiger partial charge in [-0.3, -0.25) is 4.99 Å². The molecule has 41 heavy (non-hydrogen) atoms. The second kappa shape index (κ2) is 12.5. The van der Waals surface area contributed by atoms with Crippen LogP contribution in [0.3, 0.4) is 0 Å². The van der Waals surface area contributed by atoms with E-state index in [4.69, 9.17) is 37.7 Å². The molecule has 0 unspecified atom stereocenters. The van der Waals surface area contributed by atoms with E-state index < -0.39 is 0 Å². The lowest BCUT2D eigenvalue weighted by atomic mass is 9.77. The molecule has 0 fully saturated rings. The van der Waals surface area contributed by atoms with Gasteiger partial charge in [0, 0.05) is 33.4 Å². The van der Waals surface area contributed by atoms with Crippen LogP contribution in [0.15, 0.2) is 96.0 Å². The van der Waals surface area contributed by atoms with Gasteiger partial charge in [-0.1, -0.05) is 71.8 Å². The van der Waals surface area contributed by atoms with E-state index in [9.17, 15) is 0 Å². The number of anilines is 1. The third-order valence-corrected chi connectivity index (χ3v) is 8.99. The highest BCUT2D eigenvalue weighted by Crippen LogP contribution is 2.49. The Balaban J connectivity index is 1.18. The van der Waals surface area contributed by atoms with Crippen LogP contribution in [-0.2, 0) is 6.61 Å². The lowest BCUT2D eigenvalue weighted by Gasteiger charge is -2.37. The summed E-state index contributed by atoms with van der Waals surface area (Å²) in [4.78, 5) is 4.76. The van der Waals surface area contributed by atoms with E-state index in [0.717, 1.165) is 26.8 Å². The van der Waals surface area contributed by atoms with Gasteiger partial charge in [0.25, 0.3) is 0 Å². The smallest absolute Gasteiger partial charge is 0.175 e. The van der Waals surface area contributed by atoms with Crippen molar-refractivity contribution in [3.8, 4) is 11.5 Å². The highest BCUT2D eigenvalue weighted by atomic mass is 127. The van der Waals surface area contributed by atoms with Gasteiger partial charge in [0.05, 0.1) is 21.9 Å². The summed E-state index contributed by atoms with van der Waals surface area (Å²) in [6, 6.07) is 26.9. The first kappa shape index (κ1) is 28.1. The van der Waals surface area contributed by atoms with Crippen LogP contribution < -0.4 is 14.8 Å². The van der Waals surface area contributed by atoms with E-state index in [1.165, 1.54) is 16.8 Å². The van der Waals surface area contributed by atoms with E-state index in [0.29, 0.717) is 46.6 Å². The van der Waals surface area contributed by atoms with Crippen LogP contribution in [0.1, 0.15) is 47.6 Å². The SMILES string of the molecule is CCOc1cc(C=Nc2ccc([C@@H]3Nc4ccccc4[C@@H]4C=CC[C@@H]43)cc2)cc(I)c1OCc1ccc(Cl)cc1Cl. The molecule has 0 saturated heterocycles. The number of aliphatic imine (C=N–C) groups is 1. The Bertz CT molecular complexity index is 1620. The molecule has 4 nitrogen and oxygen atoms in total. The van der Waals surface area contributed by atoms with Gasteiger partial charge in [-0.2, -0.15) is 0 Å². The molecule has 0 bridgehead atoms. The van der Waals surface area contributed by atoms with Crippen molar-refractivity contribution in [3.63, 3.8) is 0 Å². The van der Waals surface area contributed by atoms with Crippen LogP contribution in [0.4, 0.5) is 11.4 Å². The van der Waals surface area contributed by atoms with Crippen molar-refractivity contribution in [2.24, 2.45) is 10.9 Å². The Kier molecular flexibility index (Phi) is 8.56. The molecule has 0 aromatic heterocycles. The minimum absolute atomic E-state index is 0.272. The molecule has 0 amide bonds. The first-order valence-electron chi connectivity index (χ1n) is 13.7. The normalized spacial score (nSPS) is 19.1. The van der Waals surface area contributed by atoms with Gasteiger partial charge >= 0.3 is 0 Å². The third kappa shape index (κ3) is 6.13. The lowest BCUT2D eigenvalue weighted by molar-refractivity contribution is 0.267. The van der Waals surface area contributed by atoms with E-state index >= 15 is 0 Å². The summed E-state index contributed by atoms with van der Waals surface area (Å²) in [6.45, 7) is 2.79. The standard InChI is InChI=1S/C34H29Cl2IN2O2/c1-2-40-32-17-21(16-30(37)34(32)41-20-23-10-13-24(35)18-29(23)36)19-38-25-14-11-22(12-15-25)33-28-8-5-7-26(28)27-6-3-4-9-31(27)39-33/h3-7,9-19,26,28,33,39H,2,8,20H2,1H3/t26-,28-,33-/m0/s1. The fourth-order valence-corrected chi connectivity index (χ4v) is 6.89. The van der Waals surface area contributed by atoms with Crippen molar-refractivity contribution in [1.29, 1.82) is 0 Å². The Morgan fingerprint density at radius 3 is 2.63 bits per heavy atom. The van der Waals surface area contributed by atoms with Crippen LogP contribution in [0.5, 0.6) is 11.5 Å². The third-order valence-electron chi connectivity index (χ3n) is 7.61. The summed E-state index contributed by atoms with van der Waals surface area (Å²) < 4.78 is 13.0. The maximum atomic E-state index is 6.34. The van der Waals surface area contributed by atoms with Crippen molar-refractivity contribution >= 4 is 63.4 Å². The van der Waals surface area contributed by atoms with Crippen LogP contribution in [0.25, 0.3) is 0 Å². The highest BCUT2D eigenvalue weighted by molar-refractivity contribution is 14.1. The molecule has 0 spiro atoms. The molecule has 1 aliphatic carbocycles. The zero-order valence-electron chi connectivity index (χ0n) is 22.5. The number of hydrogen-bond acceptors (Lipinski definition) is 4. The van der Waals surface area contributed by atoms with E-state index in [1.54, 1.807) is 12.1 Å². The van der Waals surface area contributed by atoms with Crippen LogP contribution >= 0.6 is 45.8 Å². The molecule has 0 saturated carbocycles. The maximum absolute atomic E-state index is 6.34. The van der Waals surface area contributed by atoms with E-state index in [1.807, 2.05) is 31.3 Å². The first-order valence-corrected chi connectivity index (χ1v) is 15.5. The number of hydrogen-bond donors (Lipinski definition) is 1. The number of allylic oxidation sites excluding steroid dienone is 2.